The summed E-state index contributed by atoms with van der Waals surface area (Å²) in [5.74, 6) is 0. The minimum absolute atomic E-state index is 0.179. The monoisotopic (exact) mass is 350 g/mol. The van der Waals surface area contributed by atoms with Gasteiger partial charge in [0.05, 0.1) is 5.60 Å². The number of alkyl halides is 3. The van der Waals surface area contributed by atoms with Crippen LogP contribution in [0, 0.1) is 0 Å². The highest BCUT2D eigenvalue weighted by Crippen LogP contribution is 2.44. The Morgan fingerprint density at radius 3 is 1.93 bits per heavy atom. The summed E-state index contributed by atoms with van der Waals surface area (Å²) in [6.07, 6.45) is -1.23. The van der Waals surface area contributed by atoms with Crippen LogP contribution in [0.15, 0.2) is 8.96 Å². The highest BCUT2D eigenvalue weighted by Gasteiger charge is 2.41. The standard InChI is InChI=1S/C9H11Br2F3O/c10-6(7(11)9(12,13)14)8(15)4-2-1-3-5-8/h15H,1-5H2. The number of rotatable bonds is 1. The lowest BCUT2D eigenvalue weighted by molar-refractivity contribution is -0.0853. The summed E-state index contributed by atoms with van der Waals surface area (Å²) in [6, 6.07) is 0. The quantitative estimate of drug-likeness (QED) is 0.749. The molecule has 1 saturated carbocycles. The van der Waals surface area contributed by atoms with Crippen molar-refractivity contribution in [3.05, 3.63) is 8.96 Å². The Morgan fingerprint density at radius 1 is 1.07 bits per heavy atom. The molecule has 0 aliphatic heterocycles. The van der Waals surface area contributed by atoms with Crippen LogP contribution in [-0.4, -0.2) is 16.9 Å². The van der Waals surface area contributed by atoms with Crippen molar-refractivity contribution >= 4 is 31.9 Å². The third-order valence-corrected chi connectivity index (χ3v) is 5.04. The zero-order chi connectivity index (χ0) is 11.7. The van der Waals surface area contributed by atoms with Crippen molar-refractivity contribution in [2.45, 2.75) is 43.9 Å². The van der Waals surface area contributed by atoms with Crippen molar-refractivity contribution in [2.24, 2.45) is 0 Å². The Labute approximate surface area is 103 Å². The van der Waals surface area contributed by atoms with Crippen LogP contribution in [0.5, 0.6) is 0 Å². The van der Waals surface area contributed by atoms with Crippen LogP contribution in [0.2, 0.25) is 0 Å². The smallest absolute Gasteiger partial charge is 0.385 e. The van der Waals surface area contributed by atoms with E-state index in [-0.39, 0.29) is 4.48 Å². The van der Waals surface area contributed by atoms with Crippen molar-refractivity contribution < 1.29 is 18.3 Å². The summed E-state index contributed by atoms with van der Waals surface area (Å²) >= 11 is 5.34. The molecule has 0 radical (unpaired) electrons. The lowest BCUT2D eigenvalue weighted by atomic mass is 9.84. The second-order valence-corrected chi connectivity index (χ2v) is 5.30. The molecule has 0 unspecified atom stereocenters. The Hall–Kier alpha value is 0.450. The Balaban J connectivity index is 2.95. The fourth-order valence-corrected chi connectivity index (χ4v) is 2.68. The average Bonchev–Trinajstić information content (AvgIpc) is 2.15. The van der Waals surface area contributed by atoms with E-state index in [0.717, 1.165) is 19.3 Å². The van der Waals surface area contributed by atoms with Crippen molar-refractivity contribution in [1.29, 1.82) is 0 Å². The predicted molar refractivity (Wildman–Crippen MR) is 59.0 cm³/mol. The molecule has 0 aromatic rings. The van der Waals surface area contributed by atoms with Gasteiger partial charge in [-0.25, -0.2) is 0 Å². The van der Waals surface area contributed by atoms with Crippen LogP contribution in [0.4, 0.5) is 13.2 Å². The molecule has 1 rings (SSSR count). The predicted octanol–water partition coefficient (Wildman–Crippen LogP) is 4.25. The Bertz CT molecular complexity index is 267. The van der Waals surface area contributed by atoms with E-state index in [4.69, 9.17) is 0 Å². The SMILES string of the molecule is OC1(C(Br)=C(Br)C(F)(F)F)CCCCC1. The molecule has 0 aromatic carbocycles. The lowest BCUT2D eigenvalue weighted by Gasteiger charge is -2.32. The van der Waals surface area contributed by atoms with E-state index in [9.17, 15) is 18.3 Å². The van der Waals surface area contributed by atoms with Gasteiger partial charge in [-0.05, 0) is 28.8 Å². The first-order chi connectivity index (χ1) is 6.77. The molecule has 1 aliphatic rings. The first-order valence-electron chi connectivity index (χ1n) is 4.63. The van der Waals surface area contributed by atoms with Gasteiger partial charge in [0.1, 0.15) is 4.48 Å². The highest BCUT2D eigenvalue weighted by atomic mass is 79.9. The van der Waals surface area contributed by atoms with Crippen molar-refractivity contribution in [2.75, 3.05) is 0 Å². The largest absolute Gasteiger partial charge is 0.423 e. The minimum atomic E-state index is -4.45. The van der Waals surface area contributed by atoms with E-state index in [1.165, 1.54) is 0 Å². The number of halogens is 5. The molecule has 1 fully saturated rings. The van der Waals surface area contributed by atoms with Crippen LogP contribution < -0.4 is 0 Å². The first-order valence-corrected chi connectivity index (χ1v) is 6.21. The fraction of sp³-hybridized carbons (Fsp3) is 0.778. The topological polar surface area (TPSA) is 20.2 Å². The van der Waals surface area contributed by atoms with E-state index in [0.29, 0.717) is 12.8 Å². The maximum Gasteiger partial charge on any atom is 0.423 e. The van der Waals surface area contributed by atoms with Crippen LogP contribution in [-0.2, 0) is 0 Å². The molecule has 0 heterocycles. The molecule has 0 atom stereocenters. The fourth-order valence-electron chi connectivity index (χ4n) is 1.68. The molecule has 1 nitrogen and oxygen atoms in total. The lowest BCUT2D eigenvalue weighted by Crippen LogP contribution is -2.33. The maximum absolute atomic E-state index is 12.4. The second-order valence-electron chi connectivity index (χ2n) is 3.72. The highest BCUT2D eigenvalue weighted by molar-refractivity contribution is 9.14. The van der Waals surface area contributed by atoms with Gasteiger partial charge in [0, 0.05) is 4.48 Å². The van der Waals surface area contributed by atoms with Gasteiger partial charge < -0.3 is 5.11 Å². The molecule has 0 bridgehead atoms. The molecule has 0 amide bonds. The summed E-state index contributed by atoms with van der Waals surface area (Å²) in [7, 11) is 0. The van der Waals surface area contributed by atoms with Gasteiger partial charge in [0.25, 0.3) is 0 Å². The number of hydrogen-bond acceptors (Lipinski definition) is 1. The molecule has 15 heavy (non-hydrogen) atoms. The molecular weight excluding hydrogens is 341 g/mol. The molecule has 0 spiro atoms. The van der Waals surface area contributed by atoms with Crippen LogP contribution in [0.25, 0.3) is 0 Å². The number of allylic oxidation sites excluding steroid dienone is 1. The molecule has 88 valence electrons. The molecular formula is C9H11Br2F3O. The molecule has 0 aromatic heterocycles. The van der Waals surface area contributed by atoms with Gasteiger partial charge in [-0.1, -0.05) is 35.2 Å². The number of aliphatic hydroxyl groups is 1. The summed E-state index contributed by atoms with van der Waals surface area (Å²) < 4.78 is 36.0. The van der Waals surface area contributed by atoms with Gasteiger partial charge in [-0.3, -0.25) is 0 Å². The van der Waals surface area contributed by atoms with Crippen LogP contribution in [0.3, 0.4) is 0 Å². The van der Waals surface area contributed by atoms with Gasteiger partial charge in [0.2, 0.25) is 0 Å². The molecule has 6 heteroatoms. The summed E-state index contributed by atoms with van der Waals surface area (Å²) in [4.78, 5) is 0. The number of hydrogen-bond donors (Lipinski definition) is 1. The maximum atomic E-state index is 12.4. The van der Waals surface area contributed by atoms with E-state index in [1.807, 2.05) is 0 Å². The third kappa shape index (κ3) is 3.20. The summed E-state index contributed by atoms with van der Waals surface area (Å²) in [5, 5.41) is 10.0. The third-order valence-electron chi connectivity index (χ3n) is 2.53. The van der Waals surface area contributed by atoms with E-state index in [2.05, 4.69) is 31.9 Å². The Kier molecular flexibility index (Phi) is 4.28. The second kappa shape index (κ2) is 4.75. The van der Waals surface area contributed by atoms with Gasteiger partial charge >= 0.3 is 6.18 Å². The van der Waals surface area contributed by atoms with Gasteiger partial charge in [0.15, 0.2) is 0 Å². The summed E-state index contributed by atoms with van der Waals surface area (Å²) in [5.41, 5.74) is -1.35. The van der Waals surface area contributed by atoms with E-state index in [1.54, 1.807) is 0 Å². The zero-order valence-electron chi connectivity index (χ0n) is 7.87. The van der Waals surface area contributed by atoms with E-state index >= 15 is 0 Å². The van der Waals surface area contributed by atoms with Crippen molar-refractivity contribution in [3.63, 3.8) is 0 Å². The van der Waals surface area contributed by atoms with Crippen molar-refractivity contribution in [1.82, 2.24) is 0 Å². The molecule has 1 aliphatic carbocycles. The van der Waals surface area contributed by atoms with Gasteiger partial charge in [-0.2, -0.15) is 13.2 Å². The van der Waals surface area contributed by atoms with Gasteiger partial charge in [-0.15, -0.1) is 0 Å². The zero-order valence-corrected chi connectivity index (χ0v) is 11.0. The average molecular weight is 352 g/mol. The van der Waals surface area contributed by atoms with Crippen LogP contribution in [0.1, 0.15) is 32.1 Å². The van der Waals surface area contributed by atoms with Crippen molar-refractivity contribution in [3.8, 4) is 0 Å². The minimum Gasteiger partial charge on any atom is -0.385 e. The Morgan fingerprint density at radius 2 is 1.53 bits per heavy atom. The molecule has 0 saturated heterocycles. The first kappa shape index (κ1) is 13.5. The van der Waals surface area contributed by atoms with E-state index < -0.39 is 16.3 Å². The summed E-state index contributed by atoms with van der Waals surface area (Å²) in [6.45, 7) is 0. The normalized spacial score (nSPS) is 23.6. The van der Waals surface area contributed by atoms with Crippen LogP contribution >= 0.6 is 31.9 Å². The molecule has 1 N–H and O–H groups in total.